The second-order valence-electron chi connectivity index (χ2n) is 4.19. The molecule has 1 saturated heterocycles. The molecule has 3 unspecified atom stereocenters. The molecule has 0 aromatic carbocycles. The van der Waals surface area contributed by atoms with Crippen molar-refractivity contribution in [2.24, 2.45) is 0 Å². The molecule has 0 spiro atoms. The largest absolute Gasteiger partial charge is 0.475 e. The number of hydrogen-bond acceptors (Lipinski definition) is 4. The lowest BCUT2D eigenvalue weighted by atomic mass is 10.3. The van der Waals surface area contributed by atoms with Gasteiger partial charge in [-0.2, -0.15) is 0 Å². The topological polar surface area (TPSA) is 59.7 Å². The monoisotopic (exact) mass is 256 g/mol. The van der Waals surface area contributed by atoms with E-state index in [0.29, 0.717) is 11.0 Å². The van der Waals surface area contributed by atoms with Gasteiger partial charge in [-0.25, -0.2) is 4.79 Å². The second kappa shape index (κ2) is 5.14. The molecule has 0 saturated carbocycles. The van der Waals surface area contributed by atoms with Crippen molar-refractivity contribution in [3.05, 3.63) is 23.7 Å². The van der Waals surface area contributed by atoms with Gasteiger partial charge in [-0.3, -0.25) is 0 Å². The fourth-order valence-electron chi connectivity index (χ4n) is 1.91. The van der Waals surface area contributed by atoms with Gasteiger partial charge in [0.25, 0.3) is 0 Å². The average Bonchev–Trinajstić information content (AvgIpc) is 2.88. The van der Waals surface area contributed by atoms with Gasteiger partial charge in [-0.05, 0) is 32.4 Å². The molecule has 2 rings (SSSR count). The second-order valence-corrected chi connectivity index (χ2v) is 5.77. The summed E-state index contributed by atoms with van der Waals surface area (Å²) in [7, 11) is 0. The maximum atomic E-state index is 10.7. The van der Waals surface area contributed by atoms with E-state index < -0.39 is 5.97 Å². The Hall–Kier alpha value is -0.940. The first-order valence-corrected chi connectivity index (χ1v) is 6.62. The van der Waals surface area contributed by atoms with Crippen LogP contribution in [0.4, 0.5) is 0 Å². The Morgan fingerprint density at radius 3 is 2.88 bits per heavy atom. The van der Waals surface area contributed by atoms with Crippen molar-refractivity contribution in [2.45, 2.75) is 36.9 Å². The third kappa shape index (κ3) is 2.84. The molecule has 2 heterocycles. The summed E-state index contributed by atoms with van der Waals surface area (Å²) in [6.07, 6.45) is 1.30. The lowest BCUT2D eigenvalue weighted by molar-refractivity contribution is 0.0660. The standard InChI is InChI=1S/C12H16O4S/c1-7-11(5-6-15-7)17-8(2)9-3-4-10(16-9)12(13)14/h3-4,7-8,11H,5-6H2,1-2H3,(H,13,14). The Labute approximate surface area is 104 Å². The molecule has 1 N–H and O–H groups in total. The minimum Gasteiger partial charge on any atom is -0.475 e. The quantitative estimate of drug-likeness (QED) is 0.897. The SMILES string of the molecule is CC(SC1CCOC1C)c1ccc(C(=O)O)o1. The lowest BCUT2D eigenvalue weighted by Gasteiger charge is -2.17. The van der Waals surface area contributed by atoms with Crippen molar-refractivity contribution >= 4 is 17.7 Å². The summed E-state index contributed by atoms with van der Waals surface area (Å²) in [5, 5.41) is 9.40. The summed E-state index contributed by atoms with van der Waals surface area (Å²) in [6, 6.07) is 3.24. The van der Waals surface area contributed by atoms with Gasteiger partial charge in [-0.1, -0.05) is 0 Å². The summed E-state index contributed by atoms with van der Waals surface area (Å²) in [5.41, 5.74) is 0. The lowest BCUT2D eigenvalue weighted by Crippen LogP contribution is -2.14. The van der Waals surface area contributed by atoms with E-state index in [0.717, 1.165) is 13.0 Å². The fourth-order valence-corrected chi connectivity index (χ4v) is 3.22. The van der Waals surface area contributed by atoms with E-state index in [2.05, 4.69) is 6.92 Å². The molecule has 3 atom stereocenters. The minimum atomic E-state index is -1.02. The molecule has 1 aliphatic rings. The summed E-state index contributed by atoms with van der Waals surface area (Å²) in [4.78, 5) is 10.7. The highest BCUT2D eigenvalue weighted by atomic mass is 32.2. The molecule has 17 heavy (non-hydrogen) atoms. The van der Waals surface area contributed by atoms with E-state index in [-0.39, 0.29) is 17.1 Å². The average molecular weight is 256 g/mol. The van der Waals surface area contributed by atoms with Crippen LogP contribution in [0, 0.1) is 0 Å². The number of furan rings is 1. The third-order valence-electron chi connectivity index (χ3n) is 2.92. The van der Waals surface area contributed by atoms with Crippen LogP contribution in [-0.2, 0) is 4.74 Å². The van der Waals surface area contributed by atoms with E-state index in [1.165, 1.54) is 6.07 Å². The molecule has 0 amide bonds. The highest BCUT2D eigenvalue weighted by molar-refractivity contribution is 8.00. The number of hydrogen-bond donors (Lipinski definition) is 1. The first-order chi connectivity index (χ1) is 8.08. The van der Waals surface area contributed by atoms with Crippen LogP contribution in [-0.4, -0.2) is 29.0 Å². The summed E-state index contributed by atoms with van der Waals surface area (Å²) >= 11 is 1.78. The maximum absolute atomic E-state index is 10.7. The summed E-state index contributed by atoms with van der Waals surface area (Å²) in [6.45, 7) is 4.91. The Bertz CT molecular complexity index is 401. The van der Waals surface area contributed by atoms with Gasteiger partial charge in [0.15, 0.2) is 0 Å². The van der Waals surface area contributed by atoms with Gasteiger partial charge in [0, 0.05) is 11.9 Å². The van der Waals surface area contributed by atoms with E-state index in [1.807, 2.05) is 6.92 Å². The minimum absolute atomic E-state index is 0.00294. The Kier molecular flexibility index (Phi) is 3.79. The van der Waals surface area contributed by atoms with Crippen LogP contribution < -0.4 is 0 Å². The van der Waals surface area contributed by atoms with Crippen LogP contribution in [0.15, 0.2) is 16.5 Å². The molecule has 0 aliphatic carbocycles. The molecule has 1 aromatic rings. The molecule has 5 heteroatoms. The Morgan fingerprint density at radius 1 is 1.59 bits per heavy atom. The van der Waals surface area contributed by atoms with Crippen LogP contribution in [0.2, 0.25) is 0 Å². The molecule has 4 nitrogen and oxygen atoms in total. The van der Waals surface area contributed by atoms with Gasteiger partial charge < -0.3 is 14.3 Å². The third-order valence-corrected chi connectivity index (χ3v) is 4.53. The Morgan fingerprint density at radius 2 is 2.35 bits per heavy atom. The predicted octanol–water partition coefficient (Wildman–Crippen LogP) is 2.95. The van der Waals surface area contributed by atoms with Crippen LogP contribution in [0.5, 0.6) is 0 Å². The molecule has 0 bridgehead atoms. The Balaban J connectivity index is 1.98. The number of thioether (sulfide) groups is 1. The van der Waals surface area contributed by atoms with Crippen molar-refractivity contribution < 1.29 is 19.1 Å². The molecule has 0 radical (unpaired) electrons. The number of carboxylic acid groups (broad SMARTS) is 1. The number of rotatable bonds is 4. The number of ether oxygens (including phenoxy) is 1. The number of carbonyl (C=O) groups is 1. The highest BCUT2D eigenvalue weighted by Gasteiger charge is 2.28. The van der Waals surface area contributed by atoms with E-state index in [1.54, 1.807) is 17.8 Å². The van der Waals surface area contributed by atoms with Crippen LogP contribution in [0.25, 0.3) is 0 Å². The predicted molar refractivity (Wildman–Crippen MR) is 65.5 cm³/mol. The molecular weight excluding hydrogens is 240 g/mol. The van der Waals surface area contributed by atoms with Crippen molar-refractivity contribution in [1.82, 2.24) is 0 Å². The molecule has 1 fully saturated rings. The zero-order valence-electron chi connectivity index (χ0n) is 9.88. The van der Waals surface area contributed by atoms with Gasteiger partial charge in [0.1, 0.15) is 5.76 Å². The van der Waals surface area contributed by atoms with E-state index >= 15 is 0 Å². The first-order valence-electron chi connectivity index (χ1n) is 5.68. The zero-order valence-corrected chi connectivity index (χ0v) is 10.7. The van der Waals surface area contributed by atoms with Gasteiger partial charge in [0.05, 0.1) is 11.4 Å². The normalized spacial score (nSPS) is 26.0. The zero-order chi connectivity index (χ0) is 12.4. The highest BCUT2D eigenvalue weighted by Crippen LogP contribution is 2.38. The van der Waals surface area contributed by atoms with Gasteiger partial charge in [-0.15, -0.1) is 11.8 Å². The van der Waals surface area contributed by atoms with Gasteiger partial charge >= 0.3 is 5.97 Å². The van der Waals surface area contributed by atoms with E-state index in [4.69, 9.17) is 14.3 Å². The number of carboxylic acids is 1. The molecule has 1 aliphatic heterocycles. The molecular formula is C12H16O4S. The van der Waals surface area contributed by atoms with Gasteiger partial charge in [0.2, 0.25) is 5.76 Å². The van der Waals surface area contributed by atoms with Crippen LogP contribution >= 0.6 is 11.8 Å². The smallest absolute Gasteiger partial charge is 0.371 e. The summed E-state index contributed by atoms with van der Waals surface area (Å²) < 4.78 is 10.8. The van der Waals surface area contributed by atoms with Crippen LogP contribution in [0.1, 0.15) is 41.8 Å². The van der Waals surface area contributed by atoms with Crippen molar-refractivity contribution in [3.8, 4) is 0 Å². The van der Waals surface area contributed by atoms with Crippen LogP contribution in [0.3, 0.4) is 0 Å². The fraction of sp³-hybridized carbons (Fsp3) is 0.583. The van der Waals surface area contributed by atoms with E-state index in [9.17, 15) is 4.79 Å². The summed E-state index contributed by atoms with van der Waals surface area (Å²) in [5.74, 6) is -0.305. The van der Waals surface area contributed by atoms with Crippen molar-refractivity contribution in [1.29, 1.82) is 0 Å². The molecule has 1 aromatic heterocycles. The van der Waals surface area contributed by atoms with Crippen molar-refractivity contribution in [2.75, 3.05) is 6.61 Å². The molecule has 94 valence electrons. The number of aromatic carboxylic acids is 1. The first kappa shape index (κ1) is 12.5. The maximum Gasteiger partial charge on any atom is 0.371 e. The van der Waals surface area contributed by atoms with Crippen molar-refractivity contribution in [3.63, 3.8) is 0 Å².